The Morgan fingerprint density at radius 2 is 2.05 bits per heavy atom. The molecule has 0 fully saturated rings. The van der Waals surface area contributed by atoms with Crippen LogP contribution in [0, 0.1) is 0 Å². The second-order valence-corrected chi connectivity index (χ2v) is 4.90. The van der Waals surface area contributed by atoms with Gasteiger partial charge in [0.05, 0.1) is 17.9 Å². The molecule has 0 atom stereocenters. The lowest BCUT2D eigenvalue weighted by Crippen LogP contribution is -2.09. The summed E-state index contributed by atoms with van der Waals surface area (Å²) in [6.45, 7) is 2.92. The summed E-state index contributed by atoms with van der Waals surface area (Å²) in [6, 6.07) is 10.6. The van der Waals surface area contributed by atoms with Crippen LogP contribution >= 0.6 is 0 Å². The van der Waals surface area contributed by atoms with Crippen LogP contribution in [0.2, 0.25) is 0 Å². The lowest BCUT2D eigenvalue weighted by Gasteiger charge is -2.14. The molecule has 0 radical (unpaired) electrons. The Hall–Kier alpha value is -1.97. The first kappa shape index (κ1) is 13.5. The van der Waals surface area contributed by atoms with E-state index < -0.39 is 0 Å². The quantitative estimate of drug-likeness (QED) is 0.895. The van der Waals surface area contributed by atoms with Gasteiger partial charge in [-0.2, -0.15) is 5.10 Å². The van der Waals surface area contributed by atoms with Gasteiger partial charge in [0.25, 0.3) is 0 Å². The van der Waals surface area contributed by atoms with Gasteiger partial charge in [-0.1, -0.05) is 13.0 Å². The fourth-order valence-corrected chi connectivity index (χ4v) is 2.00. The maximum absolute atomic E-state index is 4.46. The van der Waals surface area contributed by atoms with Crippen molar-refractivity contribution >= 4 is 11.4 Å². The van der Waals surface area contributed by atoms with Crippen molar-refractivity contribution in [3.63, 3.8) is 0 Å². The van der Waals surface area contributed by atoms with Crippen molar-refractivity contribution < 1.29 is 0 Å². The van der Waals surface area contributed by atoms with E-state index >= 15 is 0 Å². The van der Waals surface area contributed by atoms with Crippen LogP contribution in [0.1, 0.15) is 18.3 Å². The molecule has 0 aliphatic carbocycles. The Morgan fingerprint density at radius 1 is 1.26 bits per heavy atom. The van der Waals surface area contributed by atoms with Gasteiger partial charge in [0.2, 0.25) is 0 Å². The molecule has 1 N–H and O–H groups in total. The molecule has 0 saturated heterocycles. The molecule has 4 nitrogen and oxygen atoms in total. The topological polar surface area (TPSA) is 33.1 Å². The Morgan fingerprint density at radius 3 is 2.68 bits per heavy atom. The van der Waals surface area contributed by atoms with Gasteiger partial charge in [-0.3, -0.25) is 4.68 Å². The van der Waals surface area contributed by atoms with Gasteiger partial charge in [0.1, 0.15) is 0 Å². The van der Waals surface area contributed by atoms with E-state index in [4.69, 9.17) is 0 Å². The average Bonchev–Trinajstić information content (AvgIpc) is 2.77. The van der Waals surface area contributed by atoms with E-state index in [-0.39, 0.29) is 0 Å². The van der Waals surface area contributed by atoms with Crippen LogP contribution in [0.3, 0.4) is 0 Å². The van der Waals surface area contributed by atoms with Crippen LogP contribution in [-0.4, -0.2) is 23.9 Å². The normalized spacial score (nSPS) is 10.5. The molecule has 0 unspecified atom stereocenters. The Balaban J connectivity index is 2.05. The predicted molar refractivity (Wildman–Crippen MR) is 80.7 cm³/mol. The van der Waals surface area contributed by atoms with Crippen LogP contribution in [-0.2, 0) is 20.0 Å². The van der Waals surface area contributed by atoms with Gasteiger partial charge < -0.3 is 10.2 Å². The molecule has 0 bridgehead atoms. The summed E-state index contributed by atoms with van der Waals surface area (Å²) in [6.07, 6.45) is 0.976. The zero-order valence-electron chi connectivity index (χ0n) is 12.1. The fourth-order valence-electron chi connectivity index (χ4n) is 2.00. The van der Waals surface area contributed by atoms with Gasteiger partial charge in [0.15, 0.2) is 0 Å². The molecular formula is C15H22N4. The number of rotatable bonds is 5. The molecule has 1 aromatic carbocycles. The second kappa shape index (κ2) is 5.78. The highest BCUT2D eigenvalue weighted by Gasteiger charge is 2.04. The van der Waals surface area contributed by atoms with Crippen molar-refractivity contribution in [2.75, 3.05) is 24.3 Å². The second-order valence-electron chi connectivity index (χ2n) is 4.90. The van der Waals surface area contributed by atoms with E-state index in [1.54, 1.807) is 0 Å². The summed E-state index contributed by atoms with van der Waals surface area (Å²) >= 11 is 0. The standard InChI is InChI=1S/C15H22N4/c1-5-12-9-15(19(4)17-12)11-16-13-7-6-8-14(10-13)18(2)3/h6-10,16H,5,11H2,1-4H3. The number of anilines is 2. The number of nitrogens with one attached hydrogen (secondary N) is 1. The molecule has 0 spiro atoms. The van der Waals surface area contributed by atoms with Gasteiger partial charge in [-0.15, -0.1) is 0 Å². The van der Waals surface area contributed by atoms with Gasteiger partial charge in [0, 0.05) is 32.5 Å². The highest BCUT2D eigenvalue weighted by molar-refractivity contribution is 5.57. The molecule has 4 heteroatoms. The van der Waals surface area contributed by atoms with Gasteiger partial charge in [-0.05, 0) is 30.7 Å². The third-order valence-corrected chi connectivity index (χ3v) is 3.23. The van der Waals surface area contributed by atoms with E-state index in [1.165, 1.54) is 11.4 Å². The van der Waals surface area contributed by atoms with E-state index in [1.807, 2.05) is 25.8 Å². The molecular weight excluding hydrogens is 236 g/mol. The molecule has 102 valence electrons. The first-order valence-corrected chi connectivity index (χ1v) is 6.63. The lowest BCUT2D eigenvalue weighted by molar-refractivity contribution is 0.707. The molecule has 0 aliphatic rings. The summed E-state index contributed by atoms with van der Waals surface area (Å²) < 4.78 is 1.95. The summed E-state index contributed by atoms with van der Waals surface area (Å²) in [5, 5.41) is 7.90. The maximum Gasteiger partial charge on any atom is 0.0625 e. The van der Waals surface area contributed by atoms with Crippen molar-refractivity contribution in [3.05, 3.63) is 41.7 Å². The SMILES string of the molecule is CCc1cc(CNc2cccc(N(C)C)c2)n(C)n1. The first-order chi connectivity index (χ1) is 9.10. The van der Waals surface area contributed by atoms with E-state index in [2.05, 4.69) is 52.6 Å². The summed E-state index contributed by atoms with van der Waals surface area (Å²) in [5.74, 6) is 0. The molecule has 0 saturated carbocycles. The molecule has 2 rings (SSSR count). The molecule has 0 aliphatic heterocycles. The van der Waals surface area contributed by atoms with Crippen molar-refractivity contribution in [1.82, 2.24) is 9.78 Å². The van der Waals surface area contributed by atoms with Crippen molar-refractivity contribution in [2.45, 2.75) is 19.9 Å². The molecule has 1 heterocycles. The highest BCUT2D eigenvalue weighted by atomic mass is 15.3. The molecule has 2 aromatic rings. The summed E-state index contributed by atoms with van der Waals surface area (Å²) in [7, 11) is 6.09. The zero-order valence-corrected chi connectivity index (χ0v) is 12.1. The number of nitrogens with zero attached hydrogens (tertiary/aromatic N) is 3. The van der Waals surface area contributed by atoms with Gasteiger partial charge in [-0.25, -0.2) is 0 Å². The van der Waals surface area contributed by atoms with E-state index in [9.17, 15) is 0 Å². The fraction of sp³-hybridized carbons (Fsp3) is 0.400. The Labute approximate surface area is 115 Å². The van der Waals surface area contributed by atoms with Crippen LogP contribution in [0.5, 0.6) is 0 Å². The third-order valence-electron chi connectivity index (χ3n) is 3.23. The number of aryl methyl sites for hydroxylation is 2. The highest BCUT2D eigenvalue weighted by Crippen LogP contribution is 2.18. The van der Waals surface area contributed by atoms with Crippen LogP contribution in [0.15, 0.2) is 30.3 Å². The first-order valence-electron chi connectivity index (χ1n) is 6.63. The van der Waals surface area contributed by atoms with E-state index in [0.29, 0.717) is 0 Å². The minimum atomic E-state index is 0.792. The molecule has 19 heavy (non-hydrogen) atoms. The number of hydrogen-bond acceptors (Lipinski definition) is 3. The lowest BCUT2D eigenvalue weighted by atomic mass is 10.2. The maximum atomic E-state index is 4.46. The molecule has 1 aromatic heterocycles. The Kier molecular flexibility index (Phi) is 4.10. The van der Waals surface area contributed by atoms with Crippen molar-refractivity contribution in [2.24, 2.45) is 7.05 Å². The minimum absolute atomic E-state index is 0.792. The monoisotopic (exact) mass is 258 g/mol. The van der Waals surface area contributed by atoms with Crippen LogP contribution < -0.4 is 10.2 Å². The third kappa shape index (κ3) is 3.28. The van der Waals surface area contributed by atoms with Crippen LogP contribution in [0.4, 0.5) is 11.4 Å². The zero-order chi connectivity index (χ0) is 13.8. The number of aromatic nitrogens is 2. The van der Waals surface area contributed by atoms with Crippen LogP contribution in [0.25, 0.3) is 0 Å². The number of hydrogen-bond donors (Lipinski definition) is 1. The predicted octanol–water partition coefficient (Wildman–Crippen LogP) is 2.66. The van der Waals surface area contributed by atoms with Crippen molar-refractivity contribution in [1.29, 1.82) is 0 Å². The largest absolute Gasteiger partial charge is 0.379 e. The minimum Gasteiger partial charge on any atom is -0.379 e. The summed E-state index contributed by atoms with van der Waals surface area (Å²) in [4.78, 5) is 2.10. The van der Waals surface area contributed by atoms with Crippen molar-refractivity contribution in [3.8, 4) is 0 Å². The summed E-state index contributed by atoms with van der Waals surface area (Å²) in [5.41, 5.74) is 4.67. The smallest absolute Gasteiger partial charge is 0.0625 e. The molecule has 0 amide bonds. The Bertz CT molecular complexity index is 543. The van der Waals surface area contributed by atoms with Gasteiger partial charge >= 0.3 is 0 Å². The number of benzene rings is 1. The average molecular weight is 258 g/mol. The van der Waals surface area contributed by atoms with E-state index in [0.717, 1.165) is 24.3 Å².